The molecule has 4 N–H and O–H groups in total. The SMILES string of the molecule is C#CCNC(=S)Nc1cc(OC(F)(F)F)ccc1N. The predicted octanol–water partition coefficient (Wildman–Crippen LogP) is 2.09. The summed E-state index contributed by atoms with van der Waals surface area (Å²) in [4.78, 5) is 0. The van der Waals surface area contributed by atoms with Crippen LogP contribution in [0.5, 0.6) is 5.75 Å². The highest BCUT2D eigenvalue weighted by Gasteiger charge is 2.31. The smallest absolute Gasteiger partial charge is 0.406 e. The maximum absolute atomic E-state index is 12.1. The summed E-state index contributed by atoms with van der Waals surface area (Å²) >= 11 is 4.88. The summed E-state index contributed by atoms with van der Waals surface area (Å²) in [6, 6.07) is 3.46. The lowest BCUT2D eigenvalue weighted by Gasteiger charge is -2.14. The van der Waals surface area contributed by atoms with Crippen molar-refractivity contribution in [2.24, 2.45) is 0 Å². The van der Waals surface area contributed by atoms with Crippen LogP contribution in [-0.4, -0.2) is 18.0 Å². The Balaban J connectivity index is 2.80. The maximum Gasteiger partial charge on any atom is 0.573 e. The van der Waals surface area contributed by atoms with Gasteiger partial charge in [0, 0.05) is 6.07 Å². The number of nitrogens with one attached hydrogen (secondary N) is 2. The molecule has 0 radical (unpaired) electrons. The van der Waals surface area contributed by atoms with Crippen LogP contribution in [0.1, 0.15) is 0 Å². The number of ether oxygens (including phenoxy) is 1. The Labute approximate surface area is 113 Å². The highest BCUT2D eigenvalue weighted by atomic mass is 32.1. The van der Waals surface area contributed by atoms with Crippen molar-refractivity contribution in [2.45, 2.75) is 6.36 Å². The van der Waals surface area contributed by atoms with Gasteiger partial charge in [-0.2, -0.15) is 0 Å². The van der Waals surface area contributed by atoms with Gasteiger partial charge in [0.25, 0.3) is 0 Å². The highest BCUT2D eigenvalue weighted by molar-refractivity contribution is 7.80. The molecule has 0 amide bonds. The van der Waals surface area contributed by atoms with Gasteiger partial charge in [-0.1, -0.05) is 5.92 Å². The van der Waals surface area contributed by atoms with Gasteiger partial charge < -0.3 is 21.1 Å². The summed E-state index contributed by atoms with van der Waals surface area (Å²) in [6.45, 7) is 0.185. The third-order valence-electron chi connectivity index (χ3n) is 1.86. The maximum atomic E-state index is 12.1. The van der Waals surface area contributed by atoms with E-state index in [0.29, 0.717) is 0 Å². The molecule has 8 heteroatoms. The van der Waals surface area contributed by atoms with Crippen molar-refractivity contribution in [2.75, 3.05) is 17.6 Å². The Morgan fingerprint density at radius 3 is 2.74 bits per heavy atom. The molecule has 4 nitrogen and oxygen atoms in total. The van der Waals surface area contributed by atoms with E-state index < -0.39 is 12.1 Å². The summed E-state index contributed by atoms with van der Waals surface area (Å²) in [5.74, 6) is 1.90. The molecule has 0 unspecified atom stereocenters. The van der Waals surface area contributed by atoms with Gasteiger partial charge in [0.05, 0.1) is 17.9 Å². The lowest BCUT2D eigenvalue weighted by atomic mass is 10.2. The number of nitrogens with two attached hydrogens (primary N) is 1. The monoisotopic (exact) mass is 289 g/mol. The molecule has 102 valence electrons. The van der Waals surface area contributed by atoms with E-state index in [-0.39, 0.29) is 23.0 Å². The molecule has 1 rings (SSSR count). The molecular formula is C11H10F3N3OS. The number of rotatable bonds is 3. The number of terminal acetylenes is 1. The Morgan fingerprint density at radius 2 is 2.16 bits per heavy atom. The van der Waals surface area contributed by atoms with Gasteiger partial charge in [0.2, 0.25) is 0 Å². The van der Waals surface area contributed by atoms with Crippen LogP contribution in [0.15, 0.2) is 18.2 Å². The normalized spacial score (nSPS) is 10.4. The summed E-state index contributed by atoms with van der Waals surface area (Å²) in [5.41, 5.74) is 6.02. The van der Waals surface area contributed by atoms with Gasteiger partial charge in [0.15, 0.2) is 5.11 Å². The van der Waals surface area contributed by atoms with Gasteiger partial charge in [-0.25, -0.2) is 0 Å². The van der Waals surface area contributed by atoms with Crippen LogP contribution < -0.4 is 21.1 Å². The van der Waals surface area contributed by atoms with Crippen molar-refractivity contribution in [3.8, 4) is 18.1 Å². The average molecular weight is 289 g/mol. The molecule has 1 aromatic carbocycles. The van der Waals surface area contributed by atoms with Crippen LogP contribution in [0.2, 0.25) is 0 Å². The molecule has 0 aromatic heterocycles. The fraction of sp³-hybridized carbons (Fsp3) is 0.182. The van der Waals surface area contributed by atoms with E-state index in [1.165, 1.54) is 6.07 Å². The van der Waals surface area contributed by atoms with Crippen LogP contribution in [0.25, 0.3) is 0 Å². The lowest BCUT2D eigenvalue weighted by molar-refractivity contribution is -0.274. The summed E-state index contributed by atoms with van der Waals surface area (Å²) < 4.78 is 40.0. The minimum Gasteiger partial charge on any atom is -0.406 e. The van der Waals surface area contributed by atoms with Gasteiger partial charge >= 0.3 is 6.36 Å². The molecule has 0 aliphatic carbocycles. The Kier molecular flexibility index (Phi) is 4.83. The molecule has 0 aliphatic heterocycles. The Bertz CT molecular complexity index is 511. The number of thiocarbonyl (C=S) groups is 1. The van der Waals surface area contributed by atoms with Crippen LogP contribution in [0, 0.1) is 12.3 Å². The molecule has 0 saturated heterocycles. The second-order valence-corrected chi connectivity index (χ2v) is 3.72. The average Bonchev–Trinajstić information content (AvgIpc) is 2.29. The summed E-state index contributed by atoms with van der Waals surface area (Å²) in [5, 5.41) is 5.41. The van der Waals surface area contributed by atoms with Gasteiger partial charge in [-0.15, -0.1) is 19.6 Å². The van der Waals surface area contributed by atoms with Crippen molar-refractivity contribution in [1.29, 1.82) is 0 Å². The van der Waals surface area contributed by atoms with Gasteiger partial charge in [-0.05, 0) is 24.4 Å². The van der Waals surface area contributed by atoms with Crippen LogP contribution in [-0.2, 0) is 0 Å². The third-order valence-corrected chi connectivity index (χ3v) is 2.10. The largest absolute Gasteiger partial charge is 0.573 e. The Hall–Kier alpha value is -2.14. The third kappa shape index (κ3) is 5.35. The van der Waals surface area contributed by atoms with Crippen molar-refractivity contribution in [3.63, 3.8) is 0 Å². The number of hydrogen-bond donors (Lipinski definition) is 3. The van der Waals surface area contributed by atoms with Crippen molar-refractivity contribution >= 4 is 28.7 Å². The first-order valence-corrected chi connectivity index (χ1v) is 5.36. The molecule has 0 heterocycles. The highest BCUT2D eigenvalue weighted by Crippen LogP contribution is 2.28. The van der Waals surface area contributed by atoms with E-state index in [4.69, 9.17) is 24.4 Å². The summed E-state index contributed by atoms with van der Waals surface area (Å²) in [6.07, 6.45) is 0.256. The topological polar surface area (TPSA) is 59.3 Å². The van der Waals surface area contributed by atoms with E-state index in [1.54, 1.807) is 0 Å². The molecule has 0 fully saturated rings. The molecule has 0 aliphatic rings. The van der Waals surface area contributed by atoms with Crippen molar-refractivity contribution < 1.29 is 17.9 Å². The van der Waals surface area contributed by atoms with E-state index in [2.05, 4.69) is 21.3 Å². The zero-order valence-electron chi connectivity index (χ0n) is 9.54. The second-order valence-electron chi connectivity index (χ2n) is 3.31. The second kappa shape index (κ2) is 6.15. The zero-order chi connectivity index (χ0) is 14.5. The number of hydrogen-bond acceptors (Lipinski definition) is 3. The number of alkyl halides is 3. The summed E-state index contributed by atoms with van der Waals surface area (Å²) in [7, 11) is 0. The minimum absolute atomic E-state index is 0.147. The first-order chi connectivity index (χ1) is 8.81. The molecule has 1 aromatic rings. The molecular weight excluding hydrogens is 279 g/mol. The Morgan fingerprint density at radius 1 is 1.47 bits per heavy atom. The predicted molar refractivity (Wildman–Crippen MR) is 70.6 cm³/mol. The number of nitrogen functional groups attached to an aromatic ring is 1. The molecule has 0 bridgehead atoms. The molecule has 0 spiro atoms. The number of anilines is 2. The first-order valence-electron chi connectivity index (χ1n) is 4.95. The molecule has 0 atom stereocenters. The minimum atomic E-state index is -4.77. The van der Waals surface area contributed by atoms with Crippen LogP contribution >= 0.6 is 12.2 Å². The first kappa shape index (κ1) is 14.9. The van der Waals surface area contributed by atoms with Crippen LogP contribution in [0.4, 0.5) is 24.5 Å². The lowest BCUT2D eigenvalue weighted by Crippen LogP contribution is -2.29. The van der Waals surface area contributed by atoms with E-state index in [9.17, 15) is 13.2 Å². The number of halogens is 3. The van der Waals surface area contributed by atoms with Crippen molar-refractivity contribution in [1.82, 2.24) is 5.32 Å². The number of benzene rings is 1. The van der Waals surface area contributed by atoms with Crippen molar-refractivity contribution in [3.05, 3.63) is 18.2 Å². The van der Waals surface area contributed by atoms with Crippen LogP contribution in [0.3, 0.4) is 0 Å². The fourth-order valence-corrected chi connectivity index (χ4v) is 1.32. The standard InChI is InChI=1S/C11H10F3N3OS/c1-2-5-16-10(19)17-9-6-7(3-4-8(9)15)18-11(12,13)14/h1,3-4,6H,5,15H2,(H2,16,17,19). The fourth-order valence-electron chi connectivity index (χ4n) is 1.14. The molecule has 19 heavy (non-hydrogen) atoms. The van der Waals surface area contributed by atoms with Gasteiger partial charge in [0.1, 0.15) is 5.75 Å². The van der Waals surface area contributed by atoms with E-state index in [1.807, 2.05) is 0 Å². The van der Waals surface area contributed by atoms with Gasteiger partial charge in [-0.3, -0.25) is 0 Å². The van der Waals surface area contributed by atoms with E-state index >= 15 is 0 Å². The van der Waals surface area contributed by atoms with E-state index in [0.717, 1.165) is 12.1 Å². The quantitative estimate of drug-likeness (QED) is 0.452. The zero-order valence-corrected chi connectivity index (χ0v) is 10.4. The molecule has 0 saturated carbocycles.